The van der Waals surface area contributed by atoms with Crippen molar-refractivity contribution in [3.05, 3.63) is 104 Å². The summed E-state index contributed by atoms with van der Waals surface area (Å²) in [7, 11) is 0. The van der Waals surface area contributed by atoms with Gasteiger partial charge in [-0.1, -0.05) is 36.4 Å². The Labute approximate surface area is 235 Å². The highest BCUT2D eigenvalue weighted by molar-refractivity contribution is 14.1. The van der Waals surface area contributed by atoms with Crippen LogP contribution in [0.4, 0.5) is 0 Å². The van der Waals surface area contributed by atoms with Crippen LogP contribution in [0.3, 0.4) is 0 Å². The van der Waals surface area contributed by atoms with E-state index in [9.17, 15) is 4.79 Å². The van der Waals surface area contributed by atoms with Crippen molar-refractivity contribution in [2.75, 3.05) is 6.61 Å². The molecular formula is C29H22BrIN2O4. The molecule has 0 atom stereocenters. The lowest BCUT2D eigenvalue weighted by atomic mass is 10.1. The number of hydrazone groups is 1. The Hall–Kier alpha value is -3.37. The Bertz CT molecular complexity index is 1610. The number of carbonyl (C=O) groups excluding carboxylic acids is 1. The molecule has 0 unspecified atom stereocenters. The summed E-state index contributed by atoms with van der Waals surface area (Å²) in [6.07, 6.45) is 1.58. The van der Waals surface area contributed by atoms with Gasteiger partial charge in [-0.05, 0) is 110 Å². The first-order valence-electron chi connectivity index (χ1n) is 11.6. The second-order valence-corrected chi connectivity index (χ2v) is 10.2. The monoisotopic (exact) mass is 668 g/mol. The van der Waals surface area contributed by atoms with E-state index in [4.69, 9.17) is 13.9 Å². The third kappa shape index (κ3) is 5.97. The highest BCUT2D eigenvalue weighted by Gasteiger charge is 2.13. The zero-order chi connectivity index (χ0) is 25.8. The summed E-state index contributed by atoms with van der Waals surface area (Å²) in [5.41, 5.74) is 5.02. The molecule has 8 heteroatoms. The first-order valence-corrected chi connectivity index (χ1v) is 13.5. The molecule has 0 spiro atoms. The Morgan fingerprint density at radius 1 is 1.00 bits per heavy atom. The van der Waals surface area contributed by atoms with E-state index in [2.05, 4.69) is 79.4 Å². The van der Waals surface area contributed by atoms with Gasteiger partial charge < -0.3 is 13.9 Å². The molecule has 0 saturated carbocycles. The first-order chi connectivity index (χ1) is 18.0. The molecule has 37 heavy (non-hydrogen) atoms. The van der Waals surface area contributed by atoms with E-state index in [1.165, 1.54) is 10.8 Å². The van der Waals surface area contributed by atoms with Gasteiger partial charge in [0.1, 0.15) is 23.7 Å². The molecule has 1 amide bonds. The predicted molar refractivity (Wildman–Crippen MR) is 158 cm³/mol. The van der Waals surface area contributed by atoms with Gasteiger partial charge in [-0.2, -0.15) is 5.10 Å². The SMILES string of the molecule is CCOc1ccc2oc(C(=O)N/N=C/c3cc(Br)c(OCc4ccc5ccccc5c4)c(I)c3)cc2c1. The van der Waals surface area contributed by atoms with Crippen LogP contribution in [0.25, 0.3) is 21.7 Å². The maximum absolute atomic E-state index is 12.5. The number of hydrogen-bond acceptors (Lipinski definition) is 5. The molecule has 0 fully saturated rings. The molecule has 1 N–H and O–H groups in total. The Kier molecular flexibility index (Phi) is 7.76. The number of halogens is 2. The van der Waals surface area contributed by atoms with Crippen molar-refractivity contribution in [1.29, 1.82) is 0 Å². The zero-order valence-electron chi connectivity index (χ0n) is 19.8. The second kappa shape index (κ2) is 11.4. The third-order valence-electron chi connectivity index (χ3n) is 5.62. The largest absolute Gasteiger partial charge is 0.494 e. The molecule has 6 nitrogen and oxygen atoms in total. The van der Waals surface area contributed by atoms with Gasteiger partial charge in [0.2, 0.25) is 0 Å². The maximum atomic E-state index is 12.5. The van der Waals surface area contributed by atoms with E-state index in [1.54, 1.807) is 18.3 Å². The topological polar surface area (TPSA) is 73.1 Å². The van der Waals surface area contributed by atoms with Crippen LogP contribution in [0, 0.1) is 3.57 Å². The molecule has 5 rings (SSSR count). The number of fused-ring (bicyclic) bond motifs is 2. The number of hydrogen-bond donors (Lipinski definition) is 1. The van der Waals surface area contributed by atoms with Crippen LogP contribution >= 0.6 is 38.5 Å². The van der Waals surface area contributed by atoms with Crippen LogP contribution in [0.2, 0.25) is 0 Å². The molecule has 186 valence electrons. The standard InChI is InChI=1S/C29H22BrIN2O4/c1-2-35-23-9-10-26-22(14-23)15-27(37-26)29(34)33-32-16-19-12-24(30)28(25(31)13-19)36-17-18-7-8-20-5-3-4-6-21(20)11-18/h3-16H,2,17H2,1H3,(H,33,34)/b32-16+. The number of ether oxygens (including phenoxy) is 2. The third-order valence-corrected chi connectivity index (χ3v) is 7.01. The molecule has 0 aliphatic heterocycles. The van der Waals surface area contributed by atoms with Crippen LogP contribution in [-0.4, -0.2) is 18.7 Å². The van der Waals surface area contributed by atoms with Gasteiger partial charge in [0.05, 0.1) is 20.9 Å². The van der Waals surface area contributed by atoms with Gasteiger partial charge in [-0.25, -0.2) is 5.43 Å². The van der Waals surface area contributed by atoms with Gasteiger partial charge in [0, 0.05) is 5.39 Å². The van der Waals surface area contributed by atoms with Crippen molar-refractivity contribution in [3.8, 4) is 11.5 Å². The molecule has 1 heterocycles. The summed E-state index contributed by atoms with van der Waals surface area (Å²) in [4.78, 5) is 12.5. The van der Waals surface area contributed by atoms with Crippen molar-refractivity contribution in [2.45, 2.75) is 13.5 Å². The van der Waals surface area contributed by atoms with E-state index < -0.39 is 5.91 Å². The smallest absolute Gasteiger partial charge is 0.307 e. The fourth-order valence-electron chi connectivity index (χ4n) is 3.89. The summed E-state index contributed by atoms with van der Waals surface area (Å²) >= 11 is 5.83. The summed E-state index contributed by atoms with van der Waals surface area (Å²) < 4.78 is 19.0. The van der Waals surface area contributed by atoms with Gasteiger partial charge >= 0.3 is 5.91 Å². The van der Waals surface area contributed by atoms with Gasteiger partial charge in [0.25, 0.3) is 0 Å². The van der Waals surface area contributed by atoms with Crippen molar-refractivity contribution in [3.63, 3.8) is 0 Å². The molecule has 0 saturated heterocycles. The lowest BCUT2D eigenvalue weighted by Gasteiger charge is -2.12. The highest BCUT2D eigenvalue weighted by atomic mass is 127. The highest BCUT2D eigenvalue weighted by Crippen LogP contribution is 2.32. The Balaban J connectivity index is 1.23. The minimum Gasteiger partial charge on any atom is -0.494 e. The molecule has 0 aliphatic carbocycles. The molecule has 0 bridgehead atoms. The summed E-state index contributed by atoms with van der Waals surface area (Å²) in [5, 5.41) is 7.27. The number of rotatable bonds is 8. The average Bonchev–Trinajstić information content (AvgIpc) is 3.32. The van der Waals surface area contributed by atoms with Crippen LogP contribution in [0.5, 0.6) is 11.5 Å². The molecule has 5 aromatic rings. The van der Waals surface area contributed by atoms with E-state index in [1.807, 2.05) is 43.3 Å². The fraction of sp³-hybridized carbons (Fsp3) is 0.103. The molecule has 0 aliphatic rings. The lowest BCUT2D eigenvalue weighted by molar-refractivity contribution is 0.0929. The summed E-state index contributed by atoms with van der Waals surface area (Å²) in [6.45, 7) is 2.94. The quantitative estimate of drug-likeness (QED) is 0.105. The first kappa shape index (κ1) is 25.3. The number of nitrogens with one attached hydrogen (secondary N) is 1. The number of furan rings is 1. The maximum Gasteiger partial charge on any atom is 0.307 e. The number of carbonyl (C=O) groups is 1. The van der Waals surface area contributed by atoms with Crippen molar-refractivity contribution < 1.29 is 18.7 Å². The number of nitrogens with zero attached hydrogens (tertiary/aromatic N) is 1. The Morgan fingerprint density at radius 2 is 1.84 bits per heavy atom. The minimum absolute atomic E-state index is 0.175. The normalized spacial score (nSPS) is 11.3. The van der Waals surface area contributed by atoms with E-state index in [0.717, 1.165) is 36.1 Å². The van der Waals surface area contributed by atoms with Crippen LogP contribution in [0.15, 0.2) is 92.9 Å². The van der Waals surface area contributed by atoms with Crippen LogP contribution in [-0.2, 0) is 6.61 Å². The van der Waals surface area contributed by atoms with Crippen molar-refractivity contribution in [1.82, 2.24) is 5.43 Å². The van der Waals surface area contributed by atoms with Gasteiger partial charge in [-0.15, -0.1) is 0 Å². The molecule has 4 aromatic carbocycles. The number of benzene rings is 4. The van der Waals surface area contributed by atoms with E-state index in [-0.39, 0.29) is 5.76 Å². The zero-order valence-corrected chi connectivity index (χ0v) is 23.6. The van der Waals surface area contributed by atoms with Gasteiger partial charge in [-0.3, -0.25) is 4.79 Å². The van der Waals surface area contributed by atoms with Gasteiger partial charge in [0.15, 0.2) is 5.76 Å². The van der Waals surface area contributed by atoms with Crippen LogP contribution in [0.1, 0.15) is 28.6 Å². The Morgan fingerprint density at radius 3 is 2.65 bits per heavy atom. The molecule has 1 aromatic heterocycles. The van der Waals surface area contributed by atoms with E-state index in [0.29, 0.717) is 18.8 Å². The fourth-order valence-corrected chi connectivity index (χ4v) is 5.66. The predicted octanol–water partition coefficient (Wildman–Crippen LogP) is 7.69. The van der Waals surface area contributed by atoms with Crippen molar-refractivity contribution >= 4 is 72.4 Å². The summed E-state index contributed by atoms with van der Waals surface area (Å²) in [5.74, 6) is 1.22. The van der Waals surface area contributed by atoms with E-state index >= 15 is 0 Å². The van der Waals surface area contributed by atoms with Crippen LogP contribution < -0.4 is 14.9 Å². The second-order valence-electron chi connectivity index (χ2n) is 8.23. The number of amides is 1. The van der Waals surface area contributed by atoms with Crippen molar-refractivity contribution in [2.24, 2.45) is 5.10 Å². The summed E-state index contributed by atoms with van der Waals surface area (Å²) in [6, 6.07) is 25.5. The molecule has 0 radical (unpaired) electrons. The minimum atomic E-state index is -0.436. The lowest BCUT2D eigenvalue weighted by Crippen LogP contribution is -2.16. The molecular weight excluding hydrogens is 647 g/mol. The average molecular weight is 669 g/mol.